The molecule has 144 valence electrons. The molecule has 2 N–H and O–H groups in total. The Hall–Kier alpha value is -3.26. The lowest BCUT2D eigenvalue weighted by molar-refractivity contribution is -0.0512. The van der Waals surface area contributed by atoms with Gasteiger partial charge in [-0.15, -0.1) is 0 Å². The van der Waals surface area contributed by atoms with Crippen LogP contribution in [0.5, 0.6) is 5.75 Å². The minimum atomic E-state index is -2.98. The molecule has 28 heavy (non-hydrogen) atoms. The molecule has 0 spiro atoms. The number of alkyl halides is 2. The Morgan fingerprint density at radius 2 is 1.96 bits per heavy atom. The predicted molar refractivity (Wildman–Crippen MR) is 98.2 cm³/mol. The second-order valence-electron chi connectivity index (χ2n) is 6.38. The maximum Gasteiger partial charge on any atom is 0.387 e. The number of ether oxygens (including phenoxy) is 1. The molecule has 0 aliphatic rings. The van der Waals surface area contributed by atoms with E-state index in [1.54, 1.807) is 30.6 Å². The zero-order valence-corrected chi connectivity index (χ0v) is 15.1. The first-order valence-corrected chi connectivity index (χ1v) is 8.57. The van der Waals surface area contributed by atoms with Gasteiger partial charge in [0.1, 0.15) is 23.3 Å². The van der Waals surface area contributed by atoms with Crippen molar-refractivity contribution in [2.75, 3.05) is 0 Å². The Labute approximate surface area is 158 Å². The molecule has 0 saturated heterocycles. The summed E-state index contributed by atoms with van der Waals surface area (Å²) in [6.07, 6.45) is 2.12. The summed E-state index contributed by atoms with van der Waals surface area (Å²) in [7, 11) is 0. The minimum absolute atomic E-state index is 0.0748. The number of rotatable bonds is 5. The van der Waals surface area contributed by atoms with Crippen molar-refractivity contribution in [3.05, 3.63) is 65.3 Å². The molecule has 0 aliphatic heterocycles. The first-order valence-electron chi connectivity index (χ1n) is 8.57. The van der Waals surface area contributed by atoms with Gasteiger partial charge in [-0.1, -0.05) is 23.4 Å². The summed E-state index contributed by atoms with van der Waals surface area (Å²) in [4.78, 5) is 7.40. The highest BCUT2D eigenvalue weighted by Crippen LogP contribution is 2.36. The molecule has 0 saturated carbocycles. The monoisotopic (exact) mass is 385 g/mol. The first-order chi connectivity index (χ1) is 13.5. The van der Waals surface area contributed by atoms with E-state index in [4.69, 9.17) is 4.52 Å². The summed E-state index contributed by atoms with van der Waals surface area (Å²) < 4.78 is 35.2. The van der Waals surface area contributed by atoms with E-state index in [0.717, 1.165) is 16.8 Å². The van der Waals surface area contributed by atoms with Crippen LogP contribution >= 0.6 is 0 Å². The molecule has 6 nitrogen and oxygen atoms in total. The fourth-order valence-electron chi connectivity index (χ4n) is 3.36. The third-order valence-corrected chi connectivity index (χ3v) is 4.61. The predicted octanol–water partition coefficient (Wildman–Crippen LogP) is 4.52. The van der Waals surface area contributed by atoms with Crippen molar-refractivity contribution in [1.82, 2.24) is 15.1 Å². The van der Waals surface area contributed by atoms with Crippen LogP contribution in [0.25, 0.3) is 22.2 Å². The third-order valence-electron chi connectivity index (χ3n) is 4.61. The van der Waals surface area contributed by atoms with Crippen molar-refractivity contribution in [3.63, 3.8) is 0 Å². The average molecular weight is 385 g/mol. The lowest BCUT2D eigenvalue weighted by Crippen LogP contribution is -2.07. The number of nitrogens with zero attached hydrogens (tertiary/aromatic N) is 2. The van der Waals surface area contributed by atoms with Crippen LogP contribution in [0.1, 0.15) is 28.7 Å². The Kier molecular flexibility index (Phi) is 4.56. The molecule has 3 heterocycles. The number of para-hydroxylation sites is 1. The molecule has 8 heteroatoms. The molecule has 0 bridgehead atoms. The minimum Gasteiger partial charge on any atom is -0.434 e. The van der Waals surface area contributed by atoms with Gasteiger partial charge in [0, 0.05) is 40.0 Å². The number of aliphatic hydroxyl groups excluding tert-OH is 1. The van der Waals surface area contributed by atoms with Gasteiger partial charge in [-0.25, -0.2) is 4.98 Å². The SMILES string of the molecule is Cc1noc(C)c1-c1cnc2[nH]cc(C(O)c3ccccc3OC(F)F)c2c1. The molecule has 0 aliphatic carbocycles. The van der Waals surface area contributed by atoms with E-state index < -0.39 is 12.7 Å². The zero-order chi connectivity index (χ0) is 19.8. The highest BCUT2D eigenvalue weighted by atomic mass is 19.3. The second kappa shape index (κ2) is 7.05. The highest BCUT2D eigenvalue weighted by Gasteiger charge is 2.22. The van der Waals surface area contributed by atoms with E-state index >= 15 is 0 Å². The summed E-state index contributed by atoms with van der Waals surface area (Å²) in [6.45, 7) is 0.662. The average Bonchev–Trinajstić information content (AvgIpc) is 3.23. The van der Waals surface area contributed by atoms with E-state index in [0.29, 0.717) is 22.4 Å². The lowest BCUT2D eigenvalue weighted by Gasteiger charge is -2.15. The van der Waals surface area contributed by atoms with Crippen molar-refractivity contribution < 1.29 is 23.1 Å². The summed E-state index contributed by atoms with van der Waals surface area (Å²) >= 11 is 0. The molecule has 1 aromatic carbocycles. The number of H-pyrrole nitrogens is 1. The Morgan fingerprint density at radius 1 is 1.18 bits per heavy atom. The van der Waals surface area contributed by atoms with E-state index in [1.807, 2.05) is 19.9 Å². The van der Waals surface area contributed by atoms with Gasteiger partial charge in [-0.3, -0.25) is 0 Å². The number of aliphatic hydroxyl groups is 1. The van der Waals surface area contributed by atoms with E-state index in [2.05, 4.69) is 19.9 Å². The summed E-state index contributed by atoms with van der Waals surface area (Å²) in [6, 6.07) is 8.03. The van der Waals surface area contributed by atoms with E-state index in [1.165, 1.54) is 6.07 Å². The number of nitrogens with one attached hydrogen (secondary N) is 1. The lowest BCUT2D eigenvalue weighted by atomic mass is 9.99. The van der Waals surface area contributed by atoms with Crippen molar-refractivity contribution in [1.29, 1.82) is 0 Å². The van der Waals surface area contributed by atoms with Gasteiger partial charge >= 0.3 is 6.61 Å². The number of aryl methyl sites for hydroxylation is 2. The fourth-order valence-corrected chi connectivity index (χ4v) is 3.36. The topological polar surface area (TPSA) is 84.2 Å². The molecule has 1 unspecified atom stereocenters. The first kappa shape index (κ1) is 18.1. The summed E-state index contributed by atoms with van der Waals surface area (Å²) in [5, 5.41) is 15.5. The van der Waals surface area contributed by atoms with Crippen LogP contribution in [0.2, 0.25) is 0 Å². The molecular weight excluding hydrogens is 368 g/mol. The van der Waals surface area contributed by atoms with Crippen LogP contribution in [-0.4, -0.2) is 26.8 Å². The normalized spacial score (nSPS) is 12.6. The highest BCUT2D eigenvalue weighted by molar-refractivity contribution is 5.86. The van der Waals surface area contributed by atoms with Crippen LogP contribution < -0.4 is 4.74 Å². The largest absolute Gasteiger partial charge is 0.434 e. The molecule has 4 aromatic rings. The number of hydrogen-bond donors (Lipinski definition) is 2. The van der Waals surface area contributed by atoms with Gasteiger partial charge in [0.15, 0.2) is 0 Å². The maximum absolute atomic E-state index is 12.7. The van der Waals surface area contributed by atoms with Gasteiger partial charge in [-0.05, 0) is 26.0 Å². The number of aromatic amines is 1. The smallest absolute Gasteiger partial charge is 0.387 e. The van der Waals surface area contributed by atoms with Gasteiger partial charge in [0.25, 0.3) is 0 Å². The standard InChI is InChI=1S/C20H17F2N3O3/c1-10-17(11(2)28-25-10)12-7-14-15(9-24-19(14)23-8-12)18(26)13-5-3-4-6-16(13)27-20(21)22/h3-9,18,20,26H,1-2H3,(H,23,24). The van der Waals surface area contributed by atoms with E-state index in [9.17, 15) is 13.9 Å². The zero-order valence-electron chi connectivity index (χ0n) is 15.1. The molecule has 4 rings (SSSR count). The van der Waals surface area contributed by atoms with Gasteiger partial charge in [0.05, 0.1) is 5.69 Å². The Bertz CT molecular complexity index is 1120. The number of benzene rings is 1. The molecule has 0 amide bonds. The molecule has 3 aromatic heterocycles. The van der Waals surface area contributed by atoms with Gasteiger partial charge in [-0.2, -0.15) is 8.78 Å². The van der Waals surface area contributed by atoms with Crippen LogP contribution in [0.15, 0.2) is 47.2 Å². The summed E-state index contributed by atoms with van der Waals surface area (Å²) in [5.74, 6) is 0.584. The summed E-state index contributed by atoms with van der Waals surface area (Å²) in [5.41, 5.74) is 3.66. The molecule has 0 radical (unpaired) electrons. The third kappa shape index (κ3) is 3.11. The van der Waals surface area contributed by atoms with Crippen LogP contribution in [-0.2, 0) is 0 Å². The quantitative estimate of drug-likeness (QED) is 0.528. The molecule has 1 atom stereocenters. The maximum atomic E-state index is 12.7. The van der Waals surface area contributed by atoms with Crippen LogP contribution in [0.3, 0.4) is 0 Å². The number of hydrogen-bond acceptors (Lipinski definition) is 5. The van der Waals surface area contributed by atoms with Crippen molar-refractivity contribution >= 4 is 11.0 Å². The van der Waals surface area contributed by atoms with Gasteiger partial charge in [0.2, 0.25) is 0 Å². The number of pyridine rings is 1. The van der Waals surface area contributed by atoms with Crippen LogP contribution in [0, 0.1) is 13.8 Å². The van der Waals surface area contributed by atoms with Crippen molar-refractivity contribution in [3.8, 4) is 16.9 Å². The Morgan fingerprint density at radius 3 is 2.68 bits per heavy atom. The van der Waals surface area contributed by atoms with Crippen LogP contribution in [0.4, 0.5) is 8.78 Å². The van der Waals surface area contributed by atoms with Crippen molar-refractivity contribution in [2.45, 2.75) is 26.6 Å². The van der Waals surface area contributed by atoms with E-state index in [-0.39, 0.29) is 11.3 Å². The number of halogens is 2. The van der Waals surface area contributed by atoms with Gasteiger partial charge < -0.3 is 19.4 Å². The number of aromatic nitrogens is 3. The fraction of sp³-hybridized carbons (Fsp3) is 0.200. The Balaban J connectivity index is 1.81. The van der Waals surface area contributed by atoms with Crippen molar-refractivity contribution in [2.24, 2.45) is 0 Å². The molecular formula is C20H17F2N3O3. The molecule has 0 fully saturated rings. The number of fused-ring (bicyclic) bond motifs is 1. The second-order valence-corrected chi connectivity index (χ2v) is 6.38.